The van der Waals surface area contributed by atoms with Crippen LogP contribution in [-0.4, -0.2) is 24.1 Å². The minimum atomic E-state index is -0.498. The largest absolute Gasteiger partial charge is 0.481 e. The van der Waals surface area contributed by atoms with Crippen LogP contribution in [0.4, 0.5) is 5.69 Å². The number of anilines is 1. The Morgan fingerprint density at radius 2 is 2.15 bits per heavy atom. The lowest BCUT2D eigenvalue weighted by Gasteiger charge is -2.26. The van der Waals surface area contributed by atoms with E-state index in [1.807, 2.05) is 32.9 Å². The van der Waals surface area contributed by atoms with E-state index in [0.29, 0.717) is 0 Å². The van der Waals surface area contributed by atoms with Crippen LogP contribution in [0.25, 0.3) is 0 Å². The summed E-state index contributed by atoms with van der Waals surface area (Å²) in [5.74, 6) is 0.727. The molecule has 0 saturated heterocycles. The molecule has 4 heteroatoms. The molecule has 1 unspecified atom stereocenters. The molecule has 0 bridgehead atoms. The Labute approximate surface area is 120 Å². The van der Waals surface area contributed by atoms with Crippen LogP contribution in [0.2, 0.25) is 0 Å². The topological polar surface area (TPSA) is 50.4 Å². The van der Waals surface area contributed by atoms with Gasteiger partial charge in [0.25, 0.3) is 5.91 Å². The minimum absolute atomic E-state index is 0.0844. The molecule has 1 heterocycles. The molecule has 0 aliphatic carbocycles. The summed E-state index contributed by atoms with van der Waals surface area (Å²) in [5, 5.41) is 6.30. The summed E-state index contributed by atoms with van der Waals surface area (Å²) in [4.78, 5) is 12.1. The van der Waals surface area contributed by atoms with E-state index >= 15 is 0 Å². The number of fused-ring (bicyclic) bond motifs is 1. The first-order valence-corrected chi connectivity index (χ1v) is 7.21. The van der Waals surface area contributed by atoms with Crippen molar-refractivity contribution in [1.29, 1.82) is 0 Å². The van der Waals surface area contributed by atoms with Gasteiger partial charge in [-0.1, -0.05) is 6.07 Å². The third-order valence-electron chi connectivity index (χ3n) is 3.22. The van der Waals surface area contributed by atoms with Gasteiger partial charge in [-0.25, -0.2) is 0 Å². The first-order chi connectivity index (χ1) is 9.37. The molecule has 1 aromatic carbocycles. The smallest absolute Gasteiger partial charge is 0.261 e. The number of rotatable bonds is 3. The molecule has 1 atom stereocenters. The number of benzene rings is 1. The highest BCUT2D eigenvalue weighted by Crippen LogP contribution is 2.31. The fourth-order valence-corrected chi connectivity index (χ4v) is 2.30. The maximum atomic E-state index is 12.1. The second kappa shape index (κ2) is 5.73. The molecule has 1 aliphatic rings. The molecule has 1 amide bonds. The fraction of sp³-hybridized carbons (Fsp3) is 0.562. The average molecular weight is 276 g/mol. The van der Waals surface area contributed by atoms with E-state index < -0.39 is 6.10 Å². The van der Waals surface area contributed by atoms with Crippen LogP contribution >= 0.6 is 0 Å². The molecule has 0 radical (unpaired) electrons. The van der Waals surface area contributed by atoms with Crippen molar-refractivity contribution in [3.8, 4) is 5.75 Å². The standard InChI is InChI=1S/C16H24N2O2/c1-11(15(19)18-16(2,3)4)20-14-9-5-8-13-12(14)7-6-10-17-13/h5,8-9,11,17H,6-7,10H2,1-4H3,(H,18,19). The van der Waals surface area contributed by atoms with E-state index in [1.165, 1.54) is 5.56 Å². The molecule has 0 aromatic heterocycles. The van der Waals surface area contributed by atoms with Crippen molar-refractivity contribution in [2.75, 3.05) is 11.9 Å². The number of hydrogen-bond acceptors (Lipinski definition) is 3. The molecule has 0 spiro atoms. The predicted octanol–water partition coefficient (Wildman–Crippen LogP) is 2.73. The van der Waals surface area contributed by atoms with Crippen molar-refractivity contribution >= 4 is 11.6 Å². The highest BCUT2D eigenvalue weighted by molar-refractivity contribution is 5.81. The Balaban J connectivity index is 2.08. The normalized spacial score (nSPS) is 15.8. The van der Waals surface area contributed by atoms with Crippen LogP contribution < -0.4 is 15.4 Å². The van der Waals surface area contributed by atoms with Gasteiger partial charge in [0.05, 0.1) is 0 Å². The Hall–Kier alpha value is -1.71. The Morgan fingerprint density at radius 3 is 2.85 bits per heavy atom. The van der Waals surface area contributed by atoms with Gasteiger partial charge in [-0.2, -0.15) is 0 Å². The summed E-state index contributed by atoms with van der Waals surface area (Å²) in [5.41, 5.74) is 2.05. The molecular weight excluding hydrogens is 252 g/mol. The lowest BCUT2D eigenvalue weighted by Crippen LogP contribution is -2.46. The van der Waals surface area contributed by atoms with Gasteiger partial charge in [-0.15, -0.1) is 0 Å². The third-order valence-corrected chi connectivity index (χ3v) is 3.22. The van der Waals surface area contributed by atoms with Gasteiger partial charge in [0.2, 0.25) is 0 Å². The fourth-order valence-electron chi connectivity index (χ4n) is 2.30. The maximum absolute atomic E-state index is 12.1. The van der Waals surface area contributed by atoms with Gasteiger partial charge in [0, 0.05) is 23.3 Å². The van der Waals surface area contributed by atoms with Crippen molar-refractivity contribution in [2.45, 2.75) is 52.2 Å². The highest BCUT2D eigenvalue weighted by atomic mass is 16.5. The predicted molar refractivity (Wildman–Crippen MR) is 81.2 cm³/mol. The van der Waals surface area contributed by atoms with E-state index in [9.17, 15) is 4.79 Å². The van der Waals surface area contributed by atoms with Gasteiger partial charge >= 0.3 is 0 Å². The zero-order valence-electron chi connectivity index (χ0n) is 12.7. The first kappa shape index (κ1) is 14.7. The van der Waals surface area contributed by atoms with Crippen molar-refractivity contribution in [2.24, 2.45) is 0 Å². The minimum Gasteiger partial charge on any atom is -0.481 e. The molecule has 1 aromatic rings. The summed E-state index contributed by atoms with van der Waals surface area (Å²) >= 11 is 0. The van der Waals surface area contributed by atoms with E-state index in [-0.39, 0.29) is 11.4 Å². The van der Waals surface area contributed by atoms with Gasteiger partial charge < -0.3 is 15.4 Å². The van der Waals surface area contributed by atoms with Crippen LogP contribution in [-0.2, 0) is 11.2 Å². The Bertz CT molecular complexity index is 492. The van der Waals surface area contributed by atoms with E-state index in [4.69, 9.17) is 4.74 Å². The molecule has 0 fully saturated rings. The Kier molecular flexibility index (Phi) is 4.21. The van der Waals surface area contributed by atoms with E-state index in [2.05, 4.69) is 16.7 Å². The highest BCUT2D eigenvalue weighted by Gasteiger charge is 2.22. The zero-order valence-corrected chi connectivity index (χ0v) is 12.7. The molecular formula is C16H24N2O2. The van der Waals surface area contributed by atoms with Crippen LogP contribution in [0.5, 0.6) is 5.75 Å². The number of nitrogens with one attached hydrogen (secondary N) is 2. The molecule has 2 N–H and O–H groups in total. The third kappa shape index (κ3) is 3.65. The van der Waals surface area contributed by atoms with Crippen molar-refractivity contribution in [3.05, 3.63) is 23.8 Å². The molecule has 1 aliphatic heterocycles. The lowest BCUT2D eigenvalue weighted by molar-refractivity contribution is -0.128. The summed E-state index contributed by atoms with van der Waals surface area (Å²) in [7, 11) is 0. The van der Waals surface area contributed by atoms with Gasteiger partial charge in [0.15, 0.2) is 6.10 Å². The van der Waals surface area contributed by atoms with Gasteiger partial charge in [-0.05, 0) is 52.7 Å². The molecule has 20 heavy (non-hydrogen) atoms. The summed E-state index contributed by atoms with van der Waals surface area (Å²) in [6.07, 6.45) is 1.59. The second-order valence-electron chi connectivity index (χ2n) is 6.31. The maximum Gasteiger partial charge on any atom is 0.261 e. The summed E-state index contributed by atoms with van der Waals surface area (Å²) < 4.78 is 5.87. The molecule has 4 nitrogen and oxygen atoms in total. The molecule has 110 valence electrons. The second-order valence-corrected chi connectivity index (χ2v) is 6.31. The van der Waals surface area contributed by atoms with Crippen LogP contribution in [0.1, 0.15) is 39.7 Å². The average Bonchev–Trinajstić information content (AvgIpc) is 2.37. The van der Waals surface area contributed by atoms with Crippen LogP contribution in [0.3, 0.4) is 0 Å². The summed E-state index contributed by atoms with van der Waals surface area (Å²) in [6.45, 7) is 8.68. The Morgan fingerprint density at radius 1 is 1.40 bits per heavy atom. The quantitative estimate of drug-likeness (QED) is 0.892. The van der Waals surface area contributed by atoms with Crippen molar-refractivity contribution in [3.63, 3.8) is 0 Å². The van der Waals surface area contributed by atoms with Crippen molar-refractivity contribution < 1.29 is 9.53 Å². The number of carbonyl (C=O) groups is 1. The zero-order chi connectivity index (χ0) is 14.8. The lowest BCUT2D eigenvalue weighted by atomic mass is 10.0. The number of amides is 1. The molecule has 2 rings (SSSR count). The molecule has 0 saturated carbocycles. The number of carbonyl (C=O) groups excluding carboxylic acids is 1. The van der Waals surface area contributed by atoms with Crippen LogP contribution in [0.15, 0.2) is 18.2 Å². The van der Waals surface area contributed by atoms with Crippen LogP contribution in [0, 0.1) is 0 Å². The monoisotopic (exact) mass is 276 g/mol. The number of ether oxygens (including phenoxy) is 1. The first-order valence-electron chi connectivity index (χ1n) is 7.21. The van der Waals surface area contributed by atoms with Crippen molar-refractivity contribution in [1.82, 2.24) is 5.32 Å². The summed E-state index contributed by atoms with van der Waals surface area (Å²) in [6, 6.07) is 5.95. The van der Waals surface area contributed by atoms with E-state index in [0.717, 1.165) is 30.8 Å². The SMILES string of the molecule is CC(Oc1cccc2c1CCCN2)C(=O)NC(C)(C)C. The van der Waals surface area contributed by atoms with Gasteiger partial charge in [0.1, 0.15) is 5.75 Å². The van der Waals surface area contributed by atoms with Gasteiger partial charge in [-0.3, -0.25) is 4.79 Å². The van der Waals surface area contributed by atoms with E-state index in [1.54, 1.807) is 6.92 Å². The number of hydrogen-bond donors (Lipinski definition) is 2.